The number of carboxylic acid groups (broad SMARTS) is 1. The van der Waals surface area contributed by atoms with Gasteiger partial charge in [0.15, 0.2) is 9.84 Å². The van der Waals surface area contributed by atoms with Crippen LogP contribution in [-0.2, 0) is 14.6 Å². The van der Waals surface area contributed by atoms with Crippen LogP contribution in [0.4, 0.5) is 0 Å². The van der Waals surface area contributed by atoms with Gasteiger partial charge < -0.3 is 5.11 Å². The molecular formula is C10H21NO4S. The second-order valence-corrected chi connectivity index (χ2v) is 6.74. The number of rotatable bonds is 7. The molecule has 0 bridgehead atoms. The first-order valence-corrected chi connectivity index (χ1v) is 7.10. The van der Waals surface area contributed by atoms with Gasteiger partial charge in [-0.1, -0.05) is 6.92 Å². The molecule has 0 unspecified atom stereocenters. The monoisotopic (exact) mass is 251 g/mol. The normalized spacial score (nSPS) is 13.1. The summed E-state index contributed by atoms with van der Waals surface area (Å²) in [5.74, 6) is -0.787. The van der Waals surface area contributed by atoms with Gasteiger partial charge in [-0.25, -0.2) is 8.42 Å². The summed E-state index contributed by atoms with van der Waals surface area (Å²) in [5.41, 5.74) is -1.04. The summed E-state index contributed by atoms with van der Waals surface area (Å²) in [5, 5.41) is 8.95. The molecule has 96 valence electrons. The fraction of sp³-hybridized carbons (Fsp3) is 0.900. The summed E-state index contributed by atoms with van der Waals surface area (Å²) in [6, 6.07) is 0. The minimum Gasteiger partial charge on any atom is -0.480 e. The van der Waals surface area contributed by atoms with Crippen LogP contribution in [0.15, 0.2) is 0 Å². The number of carboxylic acids is 1. The third-order valence-corrected chi connectivity index (χ3v) is 4.57. The number of carbonyl (C=O) groups is 1. The van der Waals surface area contributed by atoms with Gasteiger partial charge in [0.25, 0.3) is 0 Å². The Bertz CT molecular complexity index is 335. The van der Waals surface area contributed by atoms with Crippen molar-refractivity contribution in [2.75, 3.05) is 25.1 Å². The predicted molar refractivity (Wildman–Crippen MR) is 63.3 cm³/mol. The second-order valence-electron chi connectivity index (χ2n) is 4.44. The van der Waals surface area contributed by atoms with Gasteiger partial charge in [-0.3, -0.25) is 9.69 Å². The molecule has 0 fully saturated rings. The zero-order valence-electron chi connectivity index (χ0n) is 10.4. The van der Waals surface area contributed by atoms with Crippen LogP contribution < -0.4 is 0 Å². The van der Waals surface area contributed by atoms with Crippen LogP contribution in [0, 0.1) is 0 Å². The topological polar surface area (TPSA) is 74.7 Å². The van der Waals surface area contributed by atoms with Crippen LogP contribution in [0.2, 0.25) is 0 Å². The average molecular weight is 251 g/mol. The summed E-state index contributed by atoms with van der Waals surface area (Å²) >= 11 is 0. The zero-order valence-corrected chi connectivity index (χ0v) is 11.2. The SMILES string of the molecule is CCCS(=O)(=O)CCN(C)C(C)(C)C(=O)O. The first kappa shape index (κ1) is 15.4. The molecule has 16 heavy (non-hydrogen) atoms. The molecule has 0 amide bonds. The minimum atomic E-state index is -3.05. The van der Waals surface area contributed by atoms with E-state index in [2.05, 4.69) is 0 Å². The summed E-state index contributed by atoms with van der Waals surface area (Å²) in [6.45, 7) is 5.16. The van der Waals surface area contributed by atoms with E-state index in [0.717, 1.165) is 0 Å². The second kappa shape index (κ2) is 5.63. The fourth-order valence-electron chi connectivity index (χ4n) is 1.13. The van der Waals surface area contributed by atoms with E-state index in [1.807, 2.05) is 6.92 Å². The molecule has 0 aliphatic carbocycles. The van der Waals surface area contributed by atoms with Gasteiger partial charge in [0.1, 0.15) is 5.54 Å². The Balaban J connectivity index is 4.38. The summed E-state index contributed by atoms with van der Waals surface area (Å²) in [7, 11) is -1.43. The number of hydrogen-bond acceptors (Lipinski definition) is 4. The lowest BCUT2D eigenvalue weighted by Gasteiger charge is -2.31. The van der Waals surface area contributed by atoms with E-state index in [9.17, 15) is 13.2 Å². The minimum absolute atomic E-state index is 0.00799. The molecule has 0 spiro atoms. The van der Waals surface area contributed by atoms with E-state index in [1.165, 1.54) is 0 Å². The van der Waals surface area contributed by atoms with E-state index in [-0.39, 0.29) is 18.1 Å². The van der Waals surface area contributed by atoms with Crippen molar-refractivity contribution in [3.8, 4) is 0 Å². The highest BCUT2D eigenvalue weighted by Gasteiger charge is 2.32. The summed E-state index contributed by atoms with van der Waals surface area (Å²) in [6.07, 6.45) is 0.592. The van der Waals surface area contributed by atoms with Crippen LogP contribution in [0.25, 0.3) is 0 Å². The zero-order chi connectivity index (χ0) is 13.0. The van der Waals surface area contributed by atoms with Crippen molar-refractivity contribution in [1.82, 2.24) is 4.90 Å². The molecule has 0 rings (SSSR count). The summed E-state index contributed by atoms with van der Waals surface area (Å²) in [4.78, 5) is 12.5. The van der Waals surface area contributed by atoms with Crippen LogP contribution in [0.3, 0.4) is 0 Å². The van der Waals surface area contributed by atoms with Crippen LogP contribution in [0.1, 0.15) is 27.2 Å². The van der Waals surface area contributed by atoms with E-state index in [4.69, 9.17) is 5.11 Å². The Labute approximate surface area is 97.4 Å². The quantitative estimate of drug-likeness (QED) is 0.717. The molecule has 0 atom stereocenters. The number of aliphatic carboxylic acids is 1. The van der Waals surface area contributed by atoms with Gasteiger partial charge in [0.2, 0.25) is 0 Å². The molecule has 0 heterocycles. The van der Waals surface area contributed by atoms with Crippen molar-refractivity contribution >= 4 is 15.8 Å². The Kier molecular flexibility index (Phi) is 5.41. The van der Waals surface area contributed by atoms with Crippen molar-refractivity contribution in [1.29, 1.82) is 0 Å². The van der Waals surface area contributed by atoms with Gasteiger partial charge in [0.05, 0.1) is 5.75 Å². The maximum atomic E-state index is 11.5. The van der Waals surface area contributed by atoms with Crippen molar-refractivity contribution in [3.63, 3.8) is 0 Å². The molecule has 0 aromatic heterocycles. The maximum absolute atomic E-state index is 11.5. The number of hydrogen-bond donors (Lipinski definition) is 1. The van der Waals surface area contributed by atoms with Crippen LogP contribution in [-0.4, -0.2) is 55.0 Å². The first-order valence-electron chi connectivity index (χ1n) is 5.28. The highest BCUT2D eigenvalue weighted by molar-refractivity contribution is 7.91. The fourth-order valence-corrected chi connectivity index (χ4v) is 2.51. The average Bonchev–Trinajstić information content (AvgIpc) is 2.13. The van der Waals surface area contributed by atoms with Gasteiger partial charge >= 0.3 is 5.97 Å². The molecule has 0 aromatic carbocycles. The van der Waals surface area contributed by atoms with E-state index in [1.54, 1.807) is 25.8 Å². The standard InChI is InChI=1S/C10H21NO4S/c1-5-7-16(14,15)8-6-11(4)10(2,3)9(12)13/h5-8H2,1-4H3,(H,12,13). The Morgan fingerprint density at radius 3 is 2.19 bits per heavy atom. The third kappa shape index (κ3) is 4.49. The molecule has 1 N–H and O–H groups in total. The van der Waals surface area contributed by atoms with Gasteiger partial charge in [-0.2, -0.15) is 0 Å². The van der Waals surface area contributed by atoms with E-state index >= 15 is 0 Å². The van der Waals surface area contributed by atoms with Gasteiger partial charge in [-0.15, -0.1) is 0 Å². The molecule has 0 aliphatic rings. The molecule has 0 saturated heterocycles. The lowest BCUT2D eigenvalue weighted by Crippen LogP contribution is -2.49. The number of sulfone groups is 1. The molecule has 0 aliphatic heterocycles. The Morgan fingerprint density at radius 1 is 1.31 bits per heavy atom. The number of nitrogens with zero attached hydrogens (tertiary/aromatic N) is 1. The highest BCUT2D eigenvalue weighted by atomic mass is 32.2. The highest BCUT2D eigenvalue weighted by Crippen LogP contribution is 2.12. The lowest BCUT2D eigenvalue weighted by molar-refractivity contribution is -0.148. The molecule has 0 radical (unpaired) electrons. The van der Waals surface area contributed by atoms with Crippen LogP contribution >= 0.6 is 0 Å². The van der Waals surface area contributed by atoms with Crippen molar-refractivity contribution < 1.29 is 18.3 Å². The van der Waals surface area contributed by atoms with E-state index < -0.39 is 21.3 Å². The predicted octanol–water partition coefficient (Wildman–Crippen LogP) is 0.606. The summed E-state index contributed by atoms with van der Waals surface area (Å²) < 4.78 is 22.9. The molecule has 0 aromatic rings. The lowest BCUT2D eigenvalue weighted by atomic mass is 10.0. The van der Waals surface area contributed by atoms with Gasteiger partial charge in [-0.05, 0) is 27.3 Å². The molecule has 0 saturated carbocycles. The Hall–Kier alpha value is -0.620. The largest absolute Gasteiger partial charge is 0.480 e. The van der Waals surface area contributed by atoms with Crippen molar-refractivity contribution in [3.05, 3.63) is 0 Å². The van der Waals surface area contributed by atoms with Crippen molar-refractivity contribution in [2.45, 2.75) is 32.7 Å². The Morgan fingerprint density at radius 2 is 1.81 bits per heavy atom. The van der Waals surface area contributed by atoms with Crippen molar-refractivity contribution in [2.24, 2.45) is 0 Å². The van der Waals surface area contributed by atoms with E-state index in [0.29, 0.717) is 6.42 Å². The number of likely N-dealkylation sites (N-methyl/N-ethyl adjacent to an activating group) is 1. The third-order valence-electron chi connectivity index (χ3n) is 2.73. The smallest absolute Gasteiger partial charge is 0.323 e. The molecule has 5 nitrogen and oxygen atoms in total. The first-order chi connectivity index (χ1) is 7.13. The van der Waals surface area contributed by atoms with Crippen LogP contribution in [0.5, 0.6) is 0 Å². The molecule has 6 heteroatoms. The van der Waals surface area contributed by atoms with Gasteiger partial charge in [0, 0.05) is 12.3 Å². The molecular weight excluding hydrogens is 230 g/mol. The maximum Gasteiger partial charge on any atom is 0.323 e.